The van der Waals surface area contributed by atoms with Gasteiger partial charge in [-0.25, -0.2) is 18.7 Å². The predicted octanol–water partition coefficient (Wildman–Crippen LogP) is 2.36. The summed E-state index contributed by atoms with van der Waals surface area (Å²) >= 11 is 5.55. The minimum Gasteiger partial charge on any atom is -0.382 e. The van der Waals surface area contributed by atoms with Gasteiger partial charge in [0.2, 0.25) is 5.28 Å². The van der Waals surface area contributed by atoms with E-state index < -0.39 is 23.3 Å². The third kappa shape index (κ3) is 2.67. The Labute approximate surface area is 111 Å². The van der Waals surface area contributed by atoms with E-state index >= 15 is 0 Å². The number of rotatable bonds is 2. The molecule has 1 atom stereocenters. The van der Waals surface area contributed by atoms with Crippen molar-refractivity contribution in [3.63, 3.8) is 0 Å². The van der Waals surface area contributed by atoms with E-state index in [1.807, 2.05) is 0 Å². The Hall–Kier alpha value is -2.10. The zero-order chi connectivity index (χ0) is 14.0. The average Bonchev–Trinajstić information content (AvgIpc) is 2.40. The number of nitrogens with zero attached hydrogens (tertiary/aromatic N) is 3. The smallest absolute Gasteiger partial charge is 0.222 e. The number of aromatic nitrogens is 2. The van der Waals surface area contributed by atoms with Crippen LogP contribution in [0, 0.1) is 23.0 Å². The number of hydrogen-bond acceptors (Lipinski definition) is 4. The lowest BCUT2D eigenvalue weighted by atomic mass is 10.0. The van der Waals surface area contributed by atoms with E-state index in [1.165, 1.54) is 18.3 Å². The highest BCUT2D eigenvalue weighted by Crippen LogP contribution is 2.25. The fourth-order valence-corrected chi connectivity index (χ4v) is 1.67. The van der Waals surface area contributed by atoms with Gasteiger partial charge < -0.3 is 5.11 Å². The van der Waals surface area contributed by atoms with Gasteiger partial charge in [0.05, 0.1) is 11.3 Å². The molecule has 2 aromatic rings. The lowest BCUT2D eigenvalue weighted by Crippen LogP contribution is -2.07. The minimum absolute atomic E-state index is 0.0306. The fourth-order valence-electron chi connectivity index (χ4n) is 1.52. The van der Waals surface area contributed by atoms with Crippen LogP contribution in [0.4, 0.5) is 8.78 Å². The van der Waals surface area contributed by atoms with Crippen molar-refractivity contribution >= 4 is 11.6 Å². The van der Waals surface area contributed by atoms with Crippen LogP contribution >= 0.6 is 11.6 Å². The maximum Gasteiger partial charge on any atom is 0.222 e. The van der Waals surface area contributed by atoms with Crippen LogP contribution in [-0.4, -0.2) is 15.1 Å². The molecule has 1 aromatic carbocycles. The number of nitriles is 1. The predicted molar refractivity (Wildman–Crippen MR) is 62.2 cm³/mol. The molecule has 7 heteroatoms. The molecule has 0 bridgehead atoms. The molecule has 0 aliphatic rings. The van der Waals surface area contributed by atoms with Crippen LogP contribution in [0.15, 0.2) is 24.4 Å². The van der Waals surface area contributed by atoms with E-state index in [4.69, 9.17) is 16.9 Å². The minimum atomic E-state index is -1.50. The second-order valence-corrected chi connectivity index (χ2v) is 3.96. The Bertz CT molecular complexity index is 673. The van der Waals surface area contributed by atoms with Crippen molar-refractivity contribution in [2.75, 3.05) is 0 Å². The van der Waals surface area contributed by atoms with E-state index in [9.17, 15) is 13.9 Å². The lowest BCUT2D eigenvalue weighted by molar-refractivity contribution is 0.209. The zero-order valence-electron chi connectivity index (χ0n) is 9.31. The molecule has 1 N–H and O–H groups in total. The number of benzene rings is 1. The standard InChI is InChI=1S/C12H6ClF2N3O/c13-12-17-2-1-10(18-12)11(19)7-4-8(14)6(5-16)3-9(7)15/h1-4,11,19H. The molecule has 0 amide bonds. The molecular weight excluding hydrogens is 276 g/mol. The van der Waals surface area contributed by atoms with E-state index in [0.717, 1.165) is 12.1 Å². The molecule has 0 aliphatic heterocycles. The fraction of sp³-hybridized carbons (Fsp3) is 0.0833. The van der Waals surface area contributed by atoms with Crippen molar-refractivity contribution in [1.29, 1.82) is 5.26 Å². The molecule has 1 aromatic heterocycles. The highest BCUT2D eigenvalue weighted by molar-refractivity contribution is 6.28. The van der Waals surface area contributed by atoms with Crippen molar-refractivity contribution < 1.29 is 13.9 Å². The Morgan fingerprint density at radius 1 is 1.32 bits per heavy atom. The van der Waals surface area contributed by atoms with Gasteiger partial charge >= 0.3 is 0 Å². The Balaban J connectivity index is 2.48. The first-order chi connectivity index (χ1) is 9.02. The summed E-state index contributed by atoms with van der Waals surface area (Å²) in [6.07, 6.45) is -0.214. The van der Waals surface area contributed by atoms with Gasteiger partial charge in [0.1, 0.15) is 23.8 Å². The lowest BCUT2D eigenvalue weighted by Gasteiger charge is -2.12. The van der Waals surface area contributed by atoms with Crippen molar-refractivity contribution in [2.45, 2.75) is 6.10 Å². The third-order valence-corrected chi connectivity index (χ3v) is 2.61. The molecule has 0 radical (unpaired) electrons. The van der Waals surface area contributed by atoms with Crippen LogP contribution in [0.25, 0.3) is 0 Å². The van der Waals surface area contributed by atoms with Crippen molar-refractivity contribution in [2.24, 2.45) is 0 Å². The van der Waals surface area contributed by atoms with Crippen LogP contribution in [-0.2, 0) is 0 Å². The Morgan fingerprint density at radius 2 is 2.05 bits per heavy atom. The van der Waals surface area contributed by atoms with Crippen molar-refractivity contribution in [3.8, 4) is 6.07 Å². The summed E-state index contributed by atoms with van der Waals surface area (Å²) in [4.78, 5) is 7.33. The Kier molecular flexibility index (Phi) is 3.69. The van der Waals surface area contributed by atoms with E-state index in [-0.39, 0.29) is 16.5 Å². The summed E-state index contributed by atoms with van der Waals surface area (Å²) in [6.45, 7) is 0. The van der Waals surface area contributed by atoms with E-state index in [0.29, 0.717) is 0 Å². The highest BCUT2D eigenvalue weighted by Gasteiger charge is 2.19. The maximum atomic E-state index is 13.7. The quantitative estimate of drug-likeness (QED) is 0.858. The van der Waals surface area contributed by atoms with Gasteiger partial charge in [-0.3, -0.25) is 0 Å². The molecule has 0 spiro atoms. The molecule has 0 saturated heterocycles. The van der Waals surface area contributed by atoms with Crippen LogP contribution in [0.5, 0.6) is 0 Å². The van der Waals surface area contributed by atoms with Gasteiger partial charge in [-0.1, -0.05) is 0 Å². The summed E-state index contributed by atoms with van der Waals surface area (Å²) in [6, 6.07) is 4.31. The number of halogens is 3. The topological polar surface area (TPSA) is 69.8 Å². The van der Waals surface area contributed by atoms with Gasteiger partial charge in [0.15, 0.2) is 0 Å². The molecular formula is C12H6ClF2N3O. The Morgan fingerprint density at radius 3 is 2.68 bits per heavy atom. The molecule has 1 unspecified atom stereocenters. The largest absolute Gasteiger partial charge is 0.382 e. The third-order valence-electron chi connectivity index (χ3n) is 2.43. The first-order valence-electron chi connectivity index (χ1n) is 5.08. The molecule has 0 saturated carbocycles. The molecule has 0 fully saturated rings. The van der Waals surface area contributed by atoms with Gasteiger partial charge in [-0.15, -0.1) is 0 Å². The normalized spacial score (nSPS) is 11.9. The molecule has 19 heavy (non-hydrogen) atoms. The number of aliphatic hydroxyl groups is 1. The second-order valence-electron chi connectivity index (χ2n) is 3.62. The molecule has 1 heterocycles. The summed E-state index contributed by atoms with van der Waals surface area (Å²) in [7, 11) is 0. The molecule has 2 rings (SSSR count). The molecule has 0 aliphatic carbocycles. The second kappa shape index (κ2) is 5.26. The molecule has 4 nitrogen and oxygen atoms in total. The van der Waals surface area contributed by atoms with Gasteiger partial charge in [0, 0.05) is 11.8 Å². The van der Waals surface area contributed by atoms with E-state index in [2.05, 4.69) is 9.97 Å². The molecule has 96 valence electrons. The van der Waals surface area contributed by atoms with Gasteiger partial charge in [0.25, 0.3) is 0 Å². The van der Waals surface area contributed by atoms with Crippen LogP contribution < -0.4 is 0 Å². The number of hydrogen-bond donors (Lipinski definition) is 1. The summed E-state index contributed by atoms with van der Waals surface area (Å²) < 4.78 is 27.1. The first-order valence-corrected chi connectivity index (χ1v) is 5.46. The summed E-state index contributed by atoms with van der Waals surface area (Å²) in [5.41, 5.74) is -0.733. The van der Waals surface area contributed by atoms with Crippen LogP contribution in [0.1, 0.15) is 22.9 Å². The SMILES string of the molecule is N#Cc1cc(F)c(C(O)c2ccnc(Cl)n2)cc1F. The summed E-state index contributed by atoms with van der Waals surface area (Å²) in [5.74, 6) is -1.82. The zero-order valence-corrected chi connectivity index (χ0v) is 10.1. The van der Waals surface area contributed by atoms with Gasteiger partial charge in [-0.05, 0) is 29.8 Å². The van der Waals surface area contributed by atoms with Crippen LogP contribution in [0.2, 0.25) is 5.28 Å². The number of aliphatic hydroxyl groups excluding tert-OH is 1. The monoisotopic (exact) mass is 281 g/mol. The summed E-state index contributed by atoms with van der Waals surface area (Å²) in [5, 5.41) is 18.4. The van der Waals surface area contributed by atoms with Crippen molar-refractivity contribution in [3.05, 3.63) is 58.1 Å². The van der Waals surface area contributed by atoms with E-state index in [1.54, 1.807) is 0 Å². The van der Waals surface area contributed by atoms with Crippen LogP contribution in [0.3, 0.4) is 0 Å². The van der Waals surface area contributed by atoms with Gasteiger partial charge in [-0.2, -0.15) is 5.26 Å². The highest BCUT2D eigenvalue weighted by atomic mass is 35.5. The average molecular weight is 282 g/mol. The maximum absolute atomic E-state index is 13.7. The first kappa shape index (κ1) is 13.3. The van der Waals surface area contributed by atoms with Crippen molar-refractivity contribution in [1.82, 2.24) is 9.97 Å².